The second-order valence-corrected chi connectivity index (χ2v) is 5.58. The predicted octanol–water partition coefficient (Wildman–Crippen LogP) is 2.42. The summed E-state index contributed by atoms with van der Waals surface area (Å²) in [7, 11) is 1.62. The molecule has 0 spiro atoms. The van der Waals surface area contributed by atoms with E-state index in [0.29, 0.717) is 11.5 Å². The number of rotatable bonds is 3. The molecular weight excluding hydrogens is 292 g/mol. The summed E-state index contributed by atoms with van der Waals surface area (Å²) in [5.74, 6) is 0.944. The molecule has 0 bridgehead atoms. The molecule has 1 fully saturated rings. The van der Waals surface area contributed by atoms with Gasteiger partial charge in [0, 0.05) is 23.4 Å². The van der Waals surface area contributed by atoms with E-state index < -0.39 is 0 Å². The third kappa shape index (κ3) is 3.17. The van der Waals surface area contributed by atoms with Crippen LogP contribution < -0.4 is 5.73 Å². The van der Waals surface area contributed by atoms with Crippen molar-refractivity contribution in [3.63, 3.8) is 0 Å². The number of aromatic nitrogens is 2. The molecule has 1 unspecified atom stereocenters. The van der Waals surface area contributed by atoms with Gasteiger partial charge in [-0.2, -0.15) is 0 Å². The van der Waals surface area contributed by atoms with Crippen LogP contribution in [0.2, 0.25) is 0 Å². The van der Waals surface area contributed by atoms with Gasteiger partial charge in [-0.1, -0.05) is 6.08 Å². The predicted molar refractivity (Wildman–Crippen MR) is 89.0 cm³/mol. The van der Waals surface area contributed by atoms with Gasteiger partial charge in [0.2, 0.25) is 5.95 Å². The number of nitrogens with zero attached hydrogens (tertiary/aromatic N) is 2. The van der Waals surface area contributed by atoms with Crippen LogP contribution in [0.5, 0.6) is 0 Å². The number of hydrogen-bond acceptors (Lipinski definition) is 6. The Kier molecular flexibility index (Phi) is 4.25. The molecule has 2 heterocycles. The molecule has 1 aliphatic carbocycles. The molecule has 23 heavy (non-hydrogen) atoms. The third-order valence-corrected chi connectivity index (χ3v) is 3.89. The molecule has 1 aliphatic heterocycles. The van der Waals surface area contributed by atoms with Gasteiger partial charge in [0.15, 0.2) is 0 Å². The van der Waals surface area contributed by atoms with E-state index in [0.717, 1.165) is 42.0 Å². The largest absolute Gasteiger partial charge is 0.498 e. The van der Waals surface area contributed by atoms with Crippen molar-refractivity contribution in [2.75, 3.05) is 19.5 Å². The average molecular weight is 312 g/mol. The lowest BCUT2D eigenvalue weighted by Crippen LogP contribution is -2.17. The minimum absolute atomic E-state index is 0.0865. The van der Waals surface area contributed by atoms with E-state index in [9.17, 15) is 0 Å². The van der Waals surface area contributed by atoms with Crippen LogP contribution in [-0.4, -0.2) is 35.5 Å². The van der Waals surface area contributed by atoms with Crippen molar-refractivity contribution in [3.8, 4) is 0 Å². The molecule has 1 atom stereocenters. The van der Waals surface area contributed by atoms with E-state index in [1.54, 1.807) is 13.2 Å². The lowest BCUT2D eigenvalue weighted by molar-refractivity contribution is 0.0864. The Hall–Kier alpha value is -2.47. The first kappa shape index (κ1) is 15.4. The standard InChI is InChI=1S/C17H20N4O2/c1-10-8-14(21-17(19)20-10)11-5-6-13(18)12(9-11)16(22-2)15-4-3-7-23-15/h5-6,8-9,15,18H,3-4,7H2,1-2H3,(H2,19,20,21)/b16-12-,18-13?. The molecule has 1 saturated heterocycles. The number of anilines is 1. The summed E-state index contributed by atoms with van der Waals surface area (Å²) in [6.45, 7) is 2.60. The summed E-state index contributed by atoms with van der Waals surface area (Å²) in [5, 5.41) is 8.20. The average Bonchev–Trinajstić information content (AvgIpc) is 3.03. The molecular formula is C17H20N4O2. The van der Waals surface area contributed by atoms with Gasteiger partial charge in [0.1, 0.15) is 11.9 Å². The van der Waals surface area contributed by atoms with Gasteiger partial charge in [-0.3, -0.25) is 0 Å². The van der Waals surface area contributed by atoms with E-state index >= 15 is 0 Å². The van der Waals surface area contributed by atoms with Crippen molar-refractivity contribution in [2.45, 2.75) is 25.9 Å². The molecule has 0 radical (unpaired) electrons. The molecule has 6 nitrogen and oxygen atoms in total. The molecule has 1 aromatic heterocycles. The maximum Gasteiger partial charge on any atom is 0.220 e. The Bertz CT molecular complexity index is 708. The second-order valence-electron chi connectivity index (χ2n) is 5.58. The van der Waals surface area contributed by atoms with Crippen molar-refractivity contribution in [2.24, 2.45) is 0 Å². The van der Waals surface area contributed by atoms with Crippen molar-refractivity contribution in [1.29, 1.82) is 5.41 Å². The lowest BCUT2D eigenvalue weighted by Gasteiger charge is -2.19. The highest BCUT2D eigenvalue weighted by atomic mass is 16.5. The Morgan fingerprint density at radius 1 is 1.39 bits per heavy atom. The normalized spacial score (nSPS) is 23.0. The highest BCUT2D eigenvalue weighted by Gasteiger charge is 2.26. The van der Waals surface area contributed by atoms with Gasteiger partial charge >= 0.3 is 0 Å². The topological polar surface area (TPSA) is 94.1 Å². The molecule has 6 heteroatoms. The first-order chi connectivity index (χ1) is 11.1. The quantitative estimate of drug-likeness (QED) is 0.836. The molecule has 120 valence electrons. The first-order valence-electron chi connectivity index (χ1n) is 7.58. The van der Waals surface area contributed by atoms with E-state index in [4.69, 9.17) is 20.6 Å². The minimum atomic E-state index is -0.0865. The van der Waals surface area contributed by atoms with Gasteiger partial charge in [-0.05, 0) is 38.0 Å². The second kappa shape index (κ2) is 6.34. The van der Waals surface area contributed by atoms with Crippen molar-refractivity contribution >= 4 is 17.2 Å². The zero-order valence-corrected chi connectivity index (χ0v) is 13.3. The Morgan fingerprint density at radius 3 is 2.87 bits per heavy atom. The fraction of sp³-hybridized carbons (Fsp3) is 0.353. The van der Waals surface area contributed by atoms with Crippen molar-refractivity contribution < 1.29 is 9.47 Å². The van der Waals surface area contributed by atoms with Crippen molar-refractivity contribution in [3.05, 3.63) is 47.0 Å². The molecule has 3 N–H and O–H groups in total. The molecule has 2 aliphatic rings. The fourth-order valence-electron chi connectivity index (χ4n) is 2.85. The van der Waals surface area contributed by atoms with E-state index in [2.05, 4.69) is 9.97 Å². The summed E-state index contributed by atoms with van der Waals surface area (Å²) in [6, 6.07) is 1.87. The van der Waals surface area contributed by atoms with Gasteiger partial charge in [-0.25, -0.2) is 9.97 Å². The van der Waals surface area contributed by atoms with Crippen LogP contribution in [0.25, 0.3) is 5.57 Å². The summed E-state index contributed by atoms with van der Waals surface area (Å²) in [6.07, 6.45) is 7.33. The Labute approximate surface area is 135 Å². The first-order valence-corrected chi connectivity index (χ1v) is 7.58. The summed E-state index contributed by atoms with van der Waals surface area (Å²) < 4.78 is 11.3. The number of aryl methyl sites for hydroxylation is 1. The number of nitrogens with one attached hydrogen (secondary N) is 1. The molecule has 3 rings (SSSR count). The van der Waals surface area contributed by atoms with Crippen molar-refractivity contribution in [1.82, 2.24) is 9.97 Å². The highest BCUT2D eigenvalue weighted by molar-refractivity contribution is 6.13. The molecule has 0 aromatic carbocycles. The summed E-state index contributed by atoms with van der Waals surface area (Å²) in [4.78, 5) is 8.38. The molecule has 0 saturated carbocycles. The summed E-state index contributed by atoms with van der Waals surface area (Å²) >= 11 is 0. The van der Waals surface area contributed by atoms with Crippen LogP contribution in [0.15, 0.2) is 35.6 Å². The number of ether oxygens (including phenoxy) is 2. The monoisotopic (exact) mass is 312 g/mol. The zero-order chi connectivity index (χ0) is 16.4. The lowest BCUT2D eigenvalue weighted by atomic mass is 9.95. The highest BCUT2D eigenvalue weighted by Crippen LogP contribution is 2.29. The number of nitrogens with two attached hydrogens (primary N) is 1. The Morgan fingerprint density at radius 2 is 2.22 bits per heavy atom. The van der Waals surface area contributed by atoms with Crippen LogP contribution in [-0.2, 0) is 9.47 Å². The van der Waals surface area contributed by atoms with Crippen LogP contribution in [0, 0.1) is 12.3 Å². The van der Waals surface area contributed by atoms with Gasteiger partial charge < -0.3 is 20.6 Å². The fourth-order valence-corrected chi connectivity index (χ4v) is 2.85. The SMILES string of the molecule is CO/C(=C1/C=C(c2cc(C)nc(N)n2)C=CC1=N)C1CCCO1. The Balaban J connectivity index is 2.05. The summed E-state index contributed by atoms with van der Waals surface area (Å²) in [5.41, 5.74) is 9.29. The van der Waals surface area contributed by atoms with E-state index in [-0.39, 0.29) is 12.1 Å². The third-order valence-electron chi connectivity index (χ3n) is 3.89. The number of allylic oxidation sites excluding steroid dienone is 5. The van der Waals surface area contributed by atoms with Crippen LogP contribution in [0.4, 0.5) is 5.95 Å². The van der Waals surface area contributed by atoms with E-state index in [1.165, 1.54) is 0 Å². The zero-order valence-electron chi connectivity index (χ0n) is 13.3. The smallest absolute Gasteiger partial charge is 0.220 e. The van der Waals surface area contributed by atoms with E-state index in [1.807, 2.05) is 25.1 Å². The number of hydrogen-bond donors (Lipinski definition) is 2. The maximum atomic E-state index is 8.20. The van der Waals surface area contributed by atoms with Gasteiger partial charge in [0.25, 0.3) is 0 Å². The minimum Gasteiger partial charge on any atom is -0.498 e. The van der Waals surface area contributed by atoms with Crippen LogP contribution in [0.1, 0.15) is 24.2 Å². The molecule has 0 amide bonds. The number of methoxy groups -OCH3 is 1. The maximum absolute atomic E-state index is 8.20. The van der Waals surface area contributed by atoms with Gasteiger partial charge in [0.05, 0.1) is 18.5 Å². The number of nitrogen functional groups attached to an aromatic ring is 1. The van der Waals surface area contributed by atoms with Crippen LogP contribution >= 0.6 is 0 Å². The van der Waals surface area contributed by atoms with Gasteiger partial charge in [-0.15, -0.1) is 0 Å². The molecule has 1 aromatic rings. The van der Waals surface area contributed by atoms with Crippen LogP contribution in [0.3, 0.4) is 0 Å².